The Morgan fingerprint density at radius 2 is 2.00 bits per heavy atom. The van der Waals surface area contributed by atoms with Gasteiger partial charge in [-0.15, -0.1) is 0 Å². The maximum atomic E-state index is 13.7. The zero-order valence-electron chi connectivity index (χ0n) is 10.6. The van der Waals surface area contributed by atoms with Crippen molar-refractivity contribution >= 4 is 16.7 Å². The molecule has 2 aromatic rings. The van der Waals surface area contributed by atoms with Crippen molar-refractivity contribution in [3.63, 3.8) is 0 Å². The molecule has 1 aromatic heterocycles. The Balaban J connectivity index is 2.83. The monoisotopic (exact) mass is 232 g/mol. The van der Waals surface area contributed by atoms with Crippen LogP contribution in [0.5, 0.6) is 0 Å². The molecule has 0 amide bonds. The first-order chi connectivity index (χ1) is 8.04. The third-order valence-electron chi connectivity index (χ3n) is 3.04. The molecular formula is C14H17FN2. The number of nitrogens with zero attached hydrogens (tertiary/aromatic N) is 1. The third kappa shape index (κ3) is 1.97. The number of aromatic nitrogens is 1. The second-order valence-electron chi connectivity index (χ2n) is 4.59. The highest BCUT2D eigenvalue weighted by molar-refractivity contribution is 5.85. The summed E-state index contributed by atoms with van der Waals surface area (Å²) in [5.74, 6) is 0.853. The van der Waals surface area contributed by atoms with Gasteiger partial charge in [-0.25, -0.2) is 9.37 Å². The van der Waals surface area contributed by atoms with Crippen molar-refractivity contribution in [2.45, 2.75) is 26.7 Å². The number of rotatable bonds is 2. The number of halogens is 1. The zero-order valence-corrected chi connectivity index (χ0v) is 10.6. The number of benzene rings is 1. The van der Waals surface area contributed by atoms with Crippen molar-refractivity contribution in [2.75, 3.05) is 12.4 Å². The van der Waals surface area contributed by atoms with Crippen LogP contribution in [0.3, 0.4) is 0 Å². The molecule has 1 aromatic carbocycles. The third-order valence-corrected chi connectivity index (χ3v) is 3.04. The molecule has 0 aliphatic heterocycles. The van der Waals surface area contributed by atoms with E-state index >= 15 is 0 Å². The molecule has 0 unspecified atom stereocenters. The summed E-state index contributed by atoms with van der Waals surface area (Å²) in [6.07, 6.45) is 0. The summed E-state index contributed by atoms with van der Waals surface area (Å²) in [4.78, 5) is 4.39. The van der Waals surface area contributed by atoms with Gasteiger partial charge in [0.1, 0.15) is 17.2 Å². The van der Waals surface area contributed by atoms with Gasteiger partial charge in [-0.1, -0.05) is 19.9 Å². The number of anilines is 1. The van der Waals surface area contributed by atoms with Crippen LogP contribution in [0.4, 0.5) is 10.2 Å². The lowest BCUT2D eigenvalue weighted by Crippen LogP contribution is -2.02. The Labute approximate surface area is 101 Å². The van der Waals surface area contributed by atoms with Gasteiger partial charge < -0.3 is 5.32 Å². The van der Waals surface area contributed by atoms with Crippen LogP contribution in [0.2, 0.25) is 0 Å². The second kappa shape index (κ2) is 4.32. The SMILES string of the molecule is CNc1nc2c(F)ccc(C)c2cc1C(C)C. The molecule has 1 heterocycles. The lowest BCUT2D eigenvalue weighted by atomic mass is 9.99. The summed E-state index contributed by atoms with van der Waals surface area (Å²) in [5.41, 5.74) is 2.62. The van der Waals surface area contributed by atoms with E-state index in [2.05, 4.69) is 24.1 Å². The Hall–Kier alpha value is -1.64. The second-order valence-corrected chi connectivity index (χ2v) is 4.59. The summed E-state index contributed by atoms with van der Waals surface area (Å²) in [7, 11) is 1.81. The summed E-state index contributed by atoms with van der Waals surface area (Å²) in [6.45, 7) is 6.20. The van der Waals surface area contributed by atoms with Gasteiger partial charge in [-0.3, -0.25) is 0 Å². The number of aryl methyl sites for hydroxylation is 1. The summed E-state index contributed by atoms with van der Waals surface area (Å²) < 4.78 is 13.7. The van der Waals surface area contributed by atoms with E-state index in [1.54, 1.807) is 6.07 Å². The van der Waals surface area contributed by atoms with E-state index in [4.69, 9.17) is 0 Å². The van der Waals surface area contributed by atoms with Crippen molar-refractivity contribution in [3.05, 3.63) is 35.1 Å². The minimum Gasteiger partial charge on any atom is -0.373 e. The van der Waals surface area contributed by atoms with E-state index in [1.165, 1.54) is 6.07 Å². The molecule has 0 saturated carbocycles. The fourth-order valence-electron chi connectivity index (χ4n) is 2.02. The molecule has 0 bridgehead atoms. The van der Waals surface area contributed by atoms with Crippen LogP contribution in [-0.2, 0) is 0 Å². The van der Waals surface area contributed by atoms with Crippen LogP contribution < -0.4 is 5.32 Å². The minimum atomic E-state index is -0.266. The highest BCUT2D eigenvalue weighted by atomic mass is 19.1. The largest absolute Gasteiger partial charge is 0.373 e. The quantitative estimate of drug-likeness (QED) is 0.850. The Kier molecular flexibility index (Phi) is 3.01. The predicted molar refractivity (Wildman–Crippen MR) is 70.1 cm³/mol. The molecule has 0 aliphatic rings. The van der Waals surface area contributed by atoms with Crippen molar-refractivity contribution in [3.8, 4) is 0 Å². The number of pyridine rings is 1. The number of hydrogen-bond donors (Lipinski definition) is 1. The molecule has 0 aliphatic carbocycles. The molecule has 0 spiro atoms. The van der Waals surface area contributed by atoms with Gasteiger partial charge in [0.05, 0.1) is 0 Å². The van der Waals surface area contributed by atoms with Gasteiger partial charge in [0.25, 0.3) is 0 Å². The normalized spacial score (nSPS) is 11.2. The van der Waals surface area contributed by atoms with E-state index < -0.39 is 0 Å². The minimum absolute atomic E-state index is 0.266. The number of nitrogens with one attached hydrogen (secondary N) is 1. The number of hydrogen-bond acceptors (Lipinski definition) is 2. The molecule has 2 nitrogen and oxygen atoms in total. The first-order valence-electron chi connectivity index (χ1n) is 5.82. The molecule has 3 heteroatoms. The predicted octanol–water partition coefficient (Wildman–Crippen LogP) is 3.85. The molecule has 90 valence electrons. The standard InChI is InChI=1S/C14H17FN2/c1-8(2)10-7-11-9(3)5-6-12(15)13(11)17-14(10)16-4/h5-8H,1-4H3,(H,16,17). The summed E-state index contributed by atoms with van der Waals surface area (Å²) in [5, 5.41) is 3.93. The fourth-order valence-corrected chi connectivity index (χ4v) is 2.02. The molecule has 0 fully saturated rings. The maximum Gasteiger partial charge on any atom is 0.149 e. The Morgan fingerprint density at radius 3 is 2.59 bits per heavy atom. The van der Waals surface area contributed by atoms with E-state index in [-0.39, 0.29) is 5.82 Å². The van der Waals surface area contributed by atoms with Gasteiger partial charge in [0.15, 0.2) is 0 Å². The Bertz CT molecular complexity index is 562. The lowest BCUT2D eigenvalue weighted by molar-refractivity contribution is 0.636. The summed E-state index contributed by atoms with van der Waals surface area (Å²) in [6, 6.07) is 5.30. The van der Waals surface area contributed by atoms with Crippen LogP contribution in [0.25, 0.3) is 10.9 Å². The topological polar surface area (TPSA) is 24.9 Å². The smallest absolute Gasteiger partial charge is 0.149 e. The van der Waals surface area contributed by atoms with Crippen LogP contribution in [-0.4, -0.2) is 12.0 Å². The van der Waals surface area contributed by atoms with Crippen molar-refractivity contribution in [2.24, 2.45) is 0 Å². The van der Waals surface area contributed by atoms with Gasteiger partial charge in [0.2, 0.25) is 0 Å². The number of fused-ring (bicyclic) bond motifs is 1. The molecule has 1 N–H and O–H groups in total. The van der Waals surface area contributed by atoms with E-state index in [0.717, 1.165) is 22.3 Å². The first-order valence-corrected chi connectivity index (χ1v) is 5.82. The highest BCUT2D eigenvalue weighted by Gasteiger charge is 2.12. The van der Waals surface area contributed by atoms with Crippen LogP contribution >= 0.6 is 0 Å². The zero-order chi connectivity index (χ0) is 12.6. The van der Waals surface area contributed by atoms with Crippen LogP contribution in [0.1, 0.15) is 30.9 Å². The average Bonchev–Trinajstić information content (AvgIpc) is 2.32. The van der Waals surface area contributed by atoms with Crippen molar-refractivity contribution < 1.29 is 4.39 Å². The first kappa shape index (κ1) is 11.8. The molecule has 0 atom stereocenters. The van der Waals surface area contributed by atoms with Gasteiger partial charge in [-0.05, 0) is 36.1 Å². The highest BCUT2D eigenvalue weighted by Crippen LogP contribution is 2.29. The van der Waals surface area contributed by atoms with E-state index in [0.29, 0.717) is 11.4 Å². The fraction of sp³-hybridized carbons (Fsp3) is 0.357. The van der Waals surface area contributed by atoms with Gasteiger partial charge in [-0.2, -0.15) is 0 Å². The van der Waals surface area contributed by atoms with Crippen molar-refractivity contribution in [1.29, 1.82) is 0 Å². The maximum absolute atomic E-state index is 13.7. The molecule has 2 rings (SSSR count). The molecule has 17 heavy (non-hydrogen) atoms. The van der Waals surface area contributed by atoms with Crippen LogP contribution in [0.15, 0.2) is 18.2 Å². The van der Waals surface area contributed by atoms with E-state index in [9.17, 15) is 4.39 Å². The lowest BCUT2D eigenvalue weighted by Gasteiger charge is -2.14. The average molecular weight is 232 g/mol. The van der Waals surface area contributed by atoms with Crippen LogP contribution in [0, 0.1) is 12.7 Å². The van der Waals surface area contributed by atoms with E-state index in [1.807, 2.05) is 20.0 Å². The molecule has 0 saturated heterocycles. The Morgan fingerprint density at radius 1 is 1.29 bits per heavy atom. The van der Waals surface area contributed by atoms with Crippen molar-refractivity contribution in [1.82, 2.24) is 4.98 Å². The summed E-state index contributed by atoms with van der Waals surface area (Å²) >= 11 is 0. The molecule has 0 radical (unpaired) electrons. The van der Waals surface area contributed by atoms with Gasteiger partial charge in [0, 0.05) is 12.4 Å². The molecular weight excluding hydrogens is 215 g/mol. The van der Waals surface area contributed by atoms with Gasteiger partial charge >= 0.3 is 0 Å².